The third-order valence-electron chi connectivity index (χ3n) is 4.29. The van der Waals surface area contributed by atoms with Gasteiger partial charge in [0.05, 0.1) is 19.3 Å². The first-order valence-corrected chi connectivity index (χ1v) is 9.86. The number of carboxylic acid groups (broad SMARTS) is 1. The Labute approximate surface area is 172 Å². The summed E-state index contributed by atoms with van der Waals surface area (Å²) in [7, 11) is 1.58. The van der Waals surface area contributed by atoms with E-state index in [9.17, 15) is 14.7 Å². The second-order valence-corrected chi connectivity index (χ2v) is 7.22. The summed E-state index contributed by atoms with van der Waals surface area (Å²) in [5.41, 5.74) is 2.22. The molecule has 0 aliphatic rings. The molecule has 1 heterocycles. The van der Waals surface area contributed by atoms with E-state index < -0.39 is 6.16 Å². The Morgan fingerprint density at radius 3 is 2.48 bits per heavy atom. The molecule has 150 valence electrons. The average Bonchev–Trinajstić information content (AvgIpc) is 3.15. The zero-order valence-electron chi connectivity index (χ0n) is 16.1. The van der Waals surface area contributed by atoms with Gasteiger partial charge in [0.25, 0.3) is 0 Å². The van der Waals surface area contributed by atoms with Crippen LogP contribution in [0.2, 0.25) is 0 Å². The molecule has 1 N–H and O–H groups in total. The summed E-state index contributed by atoms with van der Waals surface area (Å²) in [6.45, 7) is 2.04. The predicted octanol–water partition coefficient (Wildman–Crippen LogP) is 5.42. The molecule has 6 nitrogen and oxygen atoms in total. The van der Waals surface area contributed by atoms with E-state index in [0.29, 0.717) is 11.4 Å². The number of carbonyl (C=O) groups is 2. The van der Waals surface area contributed by atoms with E-state index >= 15 is 0 Å². The van der Waals surface area contributed by atoms with Gasteiger partial charge >= 0.3 is 6.16 Å². The lowest BCUT2D eigenvalue weighted by Gasteiger charge is -2.22. The molecule has 0 saturated heterocycles. The number of carbonyl (C=O) groups excluding carboxylic acids is 1. The molecule has 3 rings (SSSR count). The summed E-state index contributed by atoms with van der Waals surface area (Å²) < 4.78 is 10.3. The molecule has 3 aromatic rings. The van der Waals surface area contributed by atoms with Gasteiger partial charge in [-0.15, -0.1) is 0 Å². The van der Waals surface area contributed by atoms with Crippen molar-refractivity contribution in [3.8, 4) is 21.3 Å². The zero-order valence-corrected chi connectivity index (χ0v) is 16.9. The average molecular weight is 411 g/mol. The Balaban J connectivity index is 2.04. The minimum absolute atomic E-state index is 0.138. The van der Waals surface area contributed by atoms with Crippen molar-refractivity contribution in [2.75, 3.05) is 12.0 Å². The van der Waals surface area contributed by atoms with Crippen LogP contribution in [0.5, 0.6) is 10.8 Å². The van der Waals surface area contributed by atoms with E-state index in [1.807, 2.05) is 54.6 Å². The van der Waals surface area contributed by atoms with Crippen molar-refractivity contribution in [3.05, 3.63) is 66.2 Å². The van der Waals surface area contributed by atoms with Crippen molar-refractivity contribution in [1.29, 1.82) is 0 Å². The molecule has 0 spiro atoms. The first-order valence-electron chi connectivity index (χ1n) is 9.05. The van der Waals surface area contributed by atoms with Gasteiger partial charge in [-0.3, -0.25) is 4.79 Å². The number of thiophene rings is 1. The maximum atomic E-state index is 12.8. The molecule has 1 amide bonds. The second-order valence-electron chi connectivity index (χ2n) is 6.20. The summed E-state index contributed by atoms with van der Waals surface area (Å²) >= 11 is 1.19. The molecule has 0 saturated carbocycles. The van der Waals surface area contributed by atoms with E-state index in [4.69, 9.17) is 9.47 Å². The summed E-state index contributed by atoms with van der Waals surface area (Å²) in [6, 6.07) is 18.8. The molecular weight excluding hydrogens is 390 g/mol. The number of benzene rings is 2. The molecule has 29 heavy (non-hydrogen) atoms. The fraction of sp³-hybridized carbons (Fsp3) is 0.182. The number of anilines is 1. The maximum absolute atomic E-state index is 12.8. The smallest absolute Gasteiger partial charge is 0.497 e. The summed E-state index contributed by atoms with van der Waals surface area (Å²) in [4.78, 5) is 26.4. The highest BCUT2D eigenvalue weighted by molar-refractivity contribution is 7.18. The third kappa shape index (κ3) is 4.94. The largest absolute Gasteiger partial charge is 0.512 e. The fourth-order valence-electron chi connectivity index (χ4n) is 2.90. The molecule has 0 aliphatic heterocycles. The van der Waals surface area contributed by atoms with Gasteiger partial charge in [0.15, 0.2) is 0 Å². The number of methoxy groups -OCH3 is 1. The van der Waals surface area contributed by atoms with Crippen molar-refractivity contribution < 1.29 is 24.2 Å². The molecule has 0 radical (unpaired) electrons. The molecule has 7 heteroatoms. The van der Waals surface area contributed by atoms with Crippen LogP contribution in [-0.4, -0.2) is 24.3 Å². The Kier molecular flexibility index (Phi) is 6.51. The predicted molar refractivity (Wildman–Crippen MR) is 113 cm³/mol. The van der Waals surface area contributed by atoms with Gasteiger partial charge in [-0.05, 0) is 29.3 Å². The summed E-state index contributed by atoms with van der Waals surface area (Å²) in [5.74, 6) is 0.546. The highest BCUT2D eigenvalue weighted by atomic mass is 32.1. The van der Waals surface area contributed by atoms with Crippen LogP contribution in [0.3, 0.4) is 0 Å². The molecular formula is C22H21NO5S. The van der Waals surface area contributed by atoms with E-state index in [-0.39, 0.29) is 23.9 Å². The van der Waals surface area contributed by atoms with Gasteiger partial charge in [0, 0.05) is 11.3 Å². The van der Waals surface area contributed by atoms with Crippen LogP contribution in [0.1, 0.15) is 18.9 Å². The van der Waals surface area contributed by atoms with E-state index in [1.54, 1.807) is 25.0 Å². The molecule has 0 aliphatic carbocycles. The van der Waals surface area contributed by atoms with Gasteiger partial charge in [-0.2, -0.15) is 0 Å². The lowest BCUT2D eigenvalue weighted by molar-refractivity contribution is -0.118. The molecule has 0 bridgehead atoms. The summed E-state index contributed by atoms with van der Waals surface area (Å²) in [5, 5.41) is 9.34. The number of hydrogen-bond acceptors (Lipinski definition) is 5. The highest BCUT2D eigenvalue weighted by Crippen LogP contribution is 2.43. The topological polar surface area (TPSA) is 76.1 Å². The second kappa shape index (κ2) is 9.25. The van der Waals surface area contributed by atoms with Crippen LogP contribution >= 0.6 is 11.3 Å². The Bertz CT molecular complexity index is 999. The molecule has 1 aromatic heterocycles. The number of ether oxygens (including phenoxy) is 2. The van der Waals surface area contributed by atoms with Crippen LogP contribution < -0.4 is 14.4 Å². The number of rotatable bonds is 7. The lowest BCUT2D eigenvalue weighted by atomic mass is 10.1. The van der Waals surface area contributed by atoms with Gasteiger partial charge in [0.2, 0.25) is 11.0 Å². The first kappa shape index (κ1) is 20.4. The lowest BCUT2D eigenvalue weighted by Crippen LogP contribution is -2.29. The number of hydrogen-bond donors (Lipinski definition) is 1. The van der Waals surface area contributed by atoms with Gasteiger partial charge in [0.1, 0.15) is 5.75 Å². The van der Waals surface area contributed by atoms with Crippen LogP contribution in [0.25, 0.3) is 10.4 Å². The minimum Gasteiger partial charge on any atom is -0.497 e. The zero-order chi connectivity index (χ0) is 20.8. The summed E-state index contributed by atoms with van der Waals surface area (Å²) in [6.07, 6.45) is -1.15. The molecule has 2 aromatic carbocycles. The van der Waals surface area contributed by atoms with E-state index in [0.717, 1.165) is 16.0 Å². The SMILES string of the molecule is CCC(=O)N(Cc1cccc(OC)c1)c1cc(-c2ccccc2)sc1OC(=O)O. The van der Waals surface area contributed by atoms with Crippen LogP contribution in [0, 0.1) is 0 Å². The van der Waals surface area contributed by atoms with Gasteiger partial charge in [-0.1, -0.05) is 60.7 Å². The Morgan fingerprint density at radius 1 is 1.07 bits per heavy atom. The monoisotopic (exact) mass is 411 g/mol. The number of nitrogens with zero attached hydrogens (tertiary/aromatic N) is 1. The number of amides is 1. The van der Waals surface area contributed by atoms with Crippen molar-refractivity contribution in [3.63, 3.8) is 0 Å². The van der Waals surface area contributed by atoms with Crippen molar-refractivity contribution in [1.82, 2.24) is 0 Å². The molecule has 0 atom stereocenters. The minimum atomic E-state index is -1.42. The Morgan fingerprint density at radius 2 is 1.83 bits per heavy atom. The maximum Gasteiger partial charge on any atom is 0.512 e. The van der Waals surface area contributed by atoms with E-state index in [2.05, 4.69) is 0 Å². The van der Waals surface area contributed by atoms with Crippen molar-refractivity contribution in [2.24, 2.45) is 0 Å². The highest BCUT2D eigenvalue weighted by Gasteiger charge is 2.24. The van der Waals surface area contributed by atoms with Crippen LogP contribution in [0.15, 0.2) is 60.7 Å². The van der Waals surface area contributed by atoms with Crippen LogP contribution in [0.4, 0.5) is 10.5 Å². The van der Waals surface area contributed by atoms with Gasteiger partial charge < -0.3 is 19.5 Å². The van der Waals surface area contributed by atoms with Gasteiger partial charge in [-0.25, -0.2) is 4.79 Å². The Hall–Kier alpha value is -3.32. The van der Waals surface area contributed by atoms with Crippen molar-refractivity contribution >= 4 is 29.1 Å². The normalized spacial score (nSPS) is 10.4. The van der Waals surface area contributed by atoms with Crippen molar-refractivity contribution in [2.45, 2.75) is 19.9 Å². The first-order chi connectivity index (χ1) is 14.0. The quantitative estimate of drug-likeness (QED) is 0.525. The molecule has 0 unspecified atom stereocenters. The van der Waals surface area contributed by atoms with E-state index in [1.165, 1.54) is 11.3 Å². The molecule has 0 fully saturated rings. The van der Waals surface area contributed by atoms with Crippen LogP contribution in [-0.2, 0) is 11.3 Å². The third-order valence-corrected chi connectivity index (χ3v) is 5.34. The fourth-order valence-corrected chi connectivity index (χ4v) is 3.91. The standard InChI is InChI=1S/C22H21NO5S/c1-3-20(24)23(14-15-8-7-11-17(12-15)27-2)18-13-19(16-9-5-4-6-10-16)29-21(18)28-22(25)26/h4-13H,3,14H2,1-2H3,(H,25,26).